The molecule has 2 N–H and O–H groups in total. The maximum absolute atomic E-state index is 6.22. The zero-order valence-corrected chi connectivity index (χ0v) is 9.89. The van der Waals surface area contributed by atoms with Gasteiger partial charge in [0.15, 0.2) is 5.82 Å². The first-order valence-electron chi connectivity index (χ1n) is 5.70. The van der Waals surface area contributed by atoms with Crippen molar-refractivity contribution in [1.82, 2.24) is 20.2 Å². The normalized spacial score (nSPS) is 21.2. The summed E-state index contributed by atoms with van der Waals surface area (Å²) in [6.45, 7) is 0. The first kappa shape index (κ1) is 11.5. The molecule has 1 heterocycles. The van der Waals surface area contributed by atoms with E-state index in [1.807, 2.05) is 0 Å². The highest BCUT2D eigenvalue weighted by Gasteiger charge is 2.40. The number of nitrogens with two attached hydrogens (primary N) is 1. The van der Waals surface area contributed by atoms with Crippen molar-refractivity contribution in [3.63, 3.8) is 0 Å². The van der Waals surface area contributed by atoms with Crippen LogP contribution >= 0.6 is 0 Å². The highest BCUT2D eigenvalue weighted by molar-refractivity contribution is 4.99. The molecule has 0 aromatic carbocycles. The Morgan fingerprint density at radius 1 is 1.50 bits per heavy atom. The Morgan fingerprint density at radius 2 is 2.19 bits per heavy atom. The Kier molecular flexibility index (Phi) is 3.20. The maximum Gasteiger partial charge on any atom is 0.176 e. The van der Waals surface area contributed by atoms with Crippen molar-refractivity contribution in [3.05, 3.63) is 5.82 Å². The zero-order valence-electron chi connectivity index (χ0n) is 9.89. The molecule has 0 radical (unpaired) electrons. The molecular formula is C10H19N5O. The molecule has 0 spiro atoms. The summed E-state index contributed by atoms with van der Waals surface area (Å²) in [4.78, 5) is 1.45. The Hall–Kier alpha value is -1.01. The van der Waals surface area contributed by atoms with E-state index in [0.29, 0.717) is 12.2 Å². The minimum atomic E-state index is -0.181. The number of rotatable bonds is 4. The average molecular weight is 225 g/mol. The van der Waals surface area contributed by atoms with Gasteiger partial charge in [-0.2, -0.15) is 4.80 Å². The van der Waals surface area contributed by atoms with E-state index in [0.717, 1.165) is 12.8 Å². The van der Waals surface area contributed by atoms with Gasteiger partial charge in [-0.15, -0.1) is 10.2 Å². The van der Waals surface area contributed by atoms with Gasteiger partial charge in [0.1, 0.15) is 0 Å². The summed E-state index contributed by atoms with van der Waals surface area (Å²) in [6, 6.07) is -0.0517. The van der Waals surface area contributed by atoms with Crippen molar-refractivity contribution in [2.75, 3.05) is 7.11 Å². The van der Waals surface area contributed by atoms with E-state index in [4.69, 9.17) is 10.5 Å². The largest absolute Gasteiger partial charge is 0.377 e. The van der Waals surface area contributed by atoms with Crippen molar-refractivity contribution >= 4 is 0 Å². The minimum absolute atomic E-state index is 0.0517. The maximum atomic E-state index is 6.22. The Balaban J connectivity index is 2.03. The van der Waals surface area contributed by atoms with Gasteiger partial charge in [0.05, 0.1) is 12.6 Å². The lowest BCUT2D eigenvalue weighted by Crippen LogP contribution is -2.49. The van der Waals surface area contributed by atoms with Crippen LogP contribution < -0.4 is 5.73 Å². The first-order chi connectivity index (χ1) is 7.66. The van der Waals surface area contributed by atoms with Crippen molar-refractivity contribution in [1.29, 1.82) is 0 Å². The second-order valence-corrected chi connectivity index (χ2v) is 4.48. The van der Waals surface area contributed by atoms with Crippen LogP contribution in [0.5, 0.6) is 0 Å². The molecule has 0 amide bonds. The summed E-state index contributed by atoms with van der Waals surface area (Å²) >= 11 is 0. The lowest BCUT2D eigenvalue weighted by molar-refractivity contribution is -0.0258. The van der Waals surface area contributed by atoms with Gasteiger partial charge in [0.2, 0.25) is 0 Å². The average Bonchev–Trinajstić information content (AvgIpc) is 2.88. The van der Waals surface area contributed by atoms with Gasteiger partial charge in [-0.3, -0.25) is 0 Å². The van der Waals surface area contributed by atoms with Crippen molar-refractivity contribution in [2.45, 2.75) is 43.7 Å². The molecule has 6 heteroatoms. The third kappa shape index (κ3) is 2.08. The third-order valence-corrected chi connectivity index (χ3v) is 3.48. The Labute approximate surface area is 95.1 Å². The van der Waals surface area contributed by atoms with Crippen molar-refractivity contribution in [2.24, 2.45) is 12.8 Å². The summed E-state index contributed by atoms with van der Waals surface area (Å²) < 4.78 is 5.63. The fourth-order valence-electron chi connectivity index (χ4n) is 2.49. The van der Waals surface area contributed by atoms with Gasteiger partial charge < -0.3 is 10.5 Å². The van der Waals surface area contributed by atoms with Crippen LogP contribution in [0.4, 0.5) is 0 Å². The number of nitrogens with zero attached hydrogens (tertiary/aromatic N) is 4. The molecule has 2 rings (SSSR count). The molecule has 0 bridgehead atoms. The van der Waals surface area contributed by atoms with Crippen molar-refractivity contribution < 1.29 is 4.74 Å². The highest BCUT2D eigenvalue weighted by Crippen LogP contribution is 2.35. The number of aryl methyl sites for hydroxylation is 1. The lowest BCUT2D eigenvalue weighted by Gasteiger charge is -2.33. The summed E-state index contributed by atoms with van der Waals surface area (Å²) in [5.74, 6) is 0.693. The topological polar surface area (TPSA) is 78.9 Å². The molecular weight excluding hydrogens is 206 g/mol. The van der Waals surface area contributed by atoms with Gasteiger partial charge in [0, 0.05) is 19.6 Å². The molecule has 1 fully saturated rings. The van der Waals surface area contributed by atoms with Gasteiger partial charge in [-0.25, -0.2) is 0 Å². The fraction of sp³-hybridized carbons (Fsp3) is 0.900. The third-order valence-electron chi connectivity index (χ3n) is 3.48. The Morgan fingerprint density at radius 3 is 2.69 bits per heavy atom. The van der Waals surface area contributed by atoms with Crippen LogP contribution in [-0.4, -0.2) is 39.0 Å². The van der Waals surface area contributed by atoms with Crippen LogP contribution in [0.3, 0.4) is 0 Å². The van der Waals surface area contributed by atoms with E-state index in [9.17, 15) is 0 Å². The molecule has 0 saturated heterocycles. The Bertz CT molecular complexity index is 345. The van der Waals surface area contributed by atoms with E-state index in [1.165, 1.54) is 17.6 Å². The molecule has 1 atom stereocenters. The number of hydrogen-bond donors (Lipinski definition) is 1. The van der Waals surface area contributed by atoms with Gasteiger partial charge in [-0.05, 0) is 18.1 Å². The van der Waals surface area contributed by atoms with Crippen LogP contribution in [0.1, 0.15) is 31.5 Å². The molecule has 1 aliphatic carbocycles. The predicted octanol–water partition coefficient (Wildman–Crippen LogP) is 0.0391. The molecule has 0 aliphatic heterocycles. The summed E-state index contributed by atoms with van der Waals surface area (Å²) in [7, 11) is 3.50. The van der Waals surface area contributed by atoms with Gasteiger partial charge in [-0.1, -0.05) is 12.8 Å². The molecule has 16 heavy (non-hydrogen) atoms. The molecule has 1 unspecified atom stereocenters. The SMILES string of the molecule is COC1(C(N)Cc2nnn(C)n2)CCCC1. The highest BCUT2D eigenvalue weighted by atomic mass is 16.5. The number of hydrogen-bond acceptors (Lipinski definition) is 5. The van der Waals surface area contributed by atoms with E-state index in [1.54, 1.807) is 14.2 Å². The second kappa shape index (κ2) is 4.47. The molecule has 1 aromatic rings. The van der Waals surface area contributed by atoms with E-state index < -0.39 is 0 Å². The lowest BCUT2D eigenvalue weighted by atomic mass is 9.90. The number of tetrazole rings is 1. The van der Waals surface area contributed by atoms with Gasteiger partial charge in [0.25, 0.3) is 0 Å². The fourth-order valence-corrected chi connectivity index (χ4v) is 2.49. The van der Waals surface area contributed by atoms with Crippen LogP contribution in [0.15, 0.2) is 0 Å². The second-order valence-electron chi connectivity index (χ2n) is 4.48. The van der Waals surface area contributed by atoms with Crippen LogP contribution in [0.2, 0.25) is 0 Å². The van der Waals surface area contributed by atoms with Crippen LogP contribution in [-0.2, 0) is 18.2 Å². The molecule has 6 nitrogen and oxygen atoms in total. The summed E-state index contributed by atoms with van der Waals surface area (Å²) in [5, 5.41) is 11.9. The minimum Gasteiger partial charge on any atom is -0.377 e. The monoisotopic (exact) mass is 225 g/mol. The van der Waals surface area contributed by atoms with Crippen LogP contribution in [0, 0.1) is 0 Å². The van der Waals surface area contributed by atoms with Gasteiger partial charge >= 0.3 is 0 Å². The molecule has 1 aromatic heterocycles. The molecule has 90 valence electrons. The zero-order chi connectivity index (χ0) is 11.6. The van der Waals surface area contributed by atoms with Crippen LogP contribution in [0.25, 0.3) is 0 Å². The number of methoxy groups -OCH3 is 1. The first-order valence-corrected chi connectivity index (χ1v) is 5.70. The molecule has 1 saturated carbocycles. The predicted molar refractivity (Wildman–Crippen MR) is 58.7 cm³/mol. The molecule has 1 aliphatic rings. The van der Waals surface area contributed by atoms with E-state index in [2.05, 4.69) is 15.4 Å². The number of aromatic nitrogens is 4. The quantitative estimate of drug-likeness (QED) is 0.782. The smallest absolute Gasteiger partial charge is 0.176 e. The van der Waals surface area contributed by atoms with E-state index in [-0.39, 0.29) is 11.6 Å². The number of ether oxygens (including phenoxy) is 1. The standard InChI is InChI=1S/C10H19N5O/c1-15-13-9(12-14-15)7-8(11)10(16-2)5-3-4-6-10/h8H,3-7,11H2,1-2H3. The summed E-state index contributed by atoms with van der Waals surface area (Å²) in [6.07, 6.45) is 5.07. The summed E-state index contributed by atoms with van der Waals surface area (Å²) in [5.41, 5.74) is 6.04. The van der Waals surface area contributed by atoms with Crippen molar-refractivity contribution in [3.8, 4) is 0 Å². The van der Waals surface area contributed by atoms with E-state index >= 15 is 0 Å².